The zero-order valence-corrected chi connectivity index (χ0v) is 15.2. The molecule has 136 valence electrons. The van der Waals surface area contributed by atoms with E-state index in [1.165, 1.54) is 31.6 Å². The third kappa shape index (κ3) is 4.82. The van der Waals surface area contributed by atoms with Crippen molar-refractivity contribution in [2.75, 3.05) is 7.11 Å². The number of aliphatic hydroxyl groups is 1. The zero-order chi connectivity index (χ0) is 18.6. The summed E-state index contributed by atoms with van der Waals surface area (Å²) in [4.78, 5) is 11.3. The van der Waals surface area contributed by atoms with Gasteiger partial charge in [0.25, 0.3) is 0 Å². The number of rotatable bonds is 7. The number of methoxy groups -OCH3 is 1. The number of carbonyl (C=O) groups is 1. The fourth-order valence-corrected chi connectivity index (χ4v) is 4.07. The summed E-state index contributed by atoms with van der Waals surface area (Å²) in [5, 5.41) is 9.92. The summed E-state index contributed by atoms with van der Waals surface area (Å²) in [6.45, 7) is 1.61. The minimum Gasteiger partial charge on any atom is -0.467 e. The Morgan fingerprint density at radius 3 is 2.68 bits per heavy atom. The van der Waals surface area contributed by atoms with Gasteiger partial charge in [0.05, 0.1) is 24.0 Å². The number of carbonyl (C=O) groups excluding carboxylic acids is 1. The van der Waals surface area contributed by atoms with Crippen LogP contribution in [0, 0.1) is 0 Å². The Morgan fingerprint density at radius 1 is 1.40 bits per heavy atom. The molecule has 7 nitrogen and oxygen atoms in total. The van der Waals surface area contributed by atoms with Gasteiger partial charge < -0.3 is 14.3 Å². The van der Waals surface area contributed by atoms with Gasteiger partial charge in [-0.2, -0.15) is 0 Å². The predicted molar refractivity (Wildman–Crippen MR) is 90.9 cm³/mol. The predicted octanol–water partition coefficient (Wildman–Crippen LogP) is 2.51. The van der Waals surface area contributed by atoms with Crippen molar-refractivity contribution in [2.24, 2.45) is 0 Å². The number of esters is 1. The van der Waals surface area contributed by atoms with Crippen molar-refractivity contribution < 1.29 is 27.5 Å². The van der Waals surface area contributed by atoms with E-state index in [0.717, 1.165) is 0 Å². The zero-order valence-electron chi connectivity index (χ0n) is 13.6. The summed E-state index contributed by atoms with van der Waals surface area (Å²) in [5.41, 5.74) is 0.146. The molecule has 1 aromatic carbocycles. The first kappa shape index (κ1) is 19.5. The van der Waals surface area contributed by atoms with Gasteiger partial charge in [-0.05, 0) is 43.7 Å². The lowest BCUT2D eigenvalue weighted by Crippen LogP contribution is -2.34. The van der Waals surface area contributed by atoms with Crippen LogP contribution in [-0.2, 0) is 14.8 Å². The summed E-state index contributed by atoms with van der Waals surface area (Å²) in [5.74, 6) is -0.264. The molecule has 2 atom stereocenters. The quantitative estimate of drug-likeness (QED) is 0.707. The number of halogens is 1. The maximum atomic E-state index is 12.5. The van der Waals surface area contributed by atoms with Crippen molar-refractivity contribution in [1.29, 1.82) is 0 Å². The Bertz CT molecular complexity index is 834. The van der Waals surface area contributed by atoms with Crippen LogP contribution in [0.5, 0.6) is 0 Å². The number of aliphatic hydroxyl groups excluding tert-OH is 1. The van der Waals surface area contributed by atoms with Crippen molar-refractivity contribution in [3.63, 3.8) is 0 Å². The second-order valence-electron chi connectivity index (χ2n) is 5.43. The van der Waals surface area contributed by atoms with Crippen LogP contribution in [0.1, 0.15) is 35.6 Å². The highest BCUT2D eigenvalue weighted by Gasteiger charge is 2.24. The molecule has 0 bridgehead atoms. The van der Waals surface area contributed by atoms with Crippen LogP contribution in [0.15, 0.2) is 45.9 Å². The van der Waals surface area contributed by atoms with Crippen LogP contribution in [-0.4, -0.2) is 32.6 Å². The van der Waals surface area contributed by atoms with E-state index < -0.39 is 28.1 Å². The molecular weight excluding hydrogens is 370 g/mol. The third-order valence-electron chi connectivity index (χ3n) is 3.45. The summed E-state index contributed by atoms with van der Waals surface area (Å²) in [7, 11) is -2.71. The lowest BCUT2D eigenvalue weighted by molar-refractivity contribution is 0.0600. The SMILES string of the molecule is COC(=O)c1ccc(S(=O)(=O)N[C@H](C)C[C@H](O)c2ccco2)c(Cl)c1. The maximum Gasteiger partial charge on any atom is 0.337 e. The van der Waals surface area contributed by atoms with Crippen LogP contribution < -0.4 is 4.72 Å². The van der Waals surface area contributed by atoms with Crippen LogP contribution in [0.3, 0.4) is 0 Å². The average molecular weight is 388 g/mol. The molecule has 0 unspecified atom stereocenters. The van der Waals surface area contributed by atoms with Gasteiger partial charge in [-0.3, -0.25) is 0 Å². The molecule has 0 aliphatic carbocycles. The molecule has 2 N–H and O–H groups in total. The molecule has 0 aliphatic heterocycles. The van der Waals surface area contributed by atoms with E-state index in [1.807, 2.05) is 0 Å². The van der Waals surface area contributed by atoms with E-state index in [9.17, 15) is 18.3 Å². The lowest BCUT2D eigenvalue weighted by Gasteiger charge is -2.17. The van der Waals surface area contributed by atoms with Gasteiger partial charge >= 0.3 is 5.97 Å². The van der Waals surface area contributed by atoms with E-state index in [2.05, 4.69) is 9.46 Å². The fourth-order valence-electron chi connectivity index (χ4n) is 2.27. The molecule has 2 rings (SSSR count). The van der Waals surface area contributed by atoms with Gasteiger partial charge in [-0.25, -0.2) is 17.9 Å². The monoisotopic (exact) mass is 387 g/mol. The first-order valence-corrected chi connectivity index (χ1v) is 9.22. The molecule has 0 saturated carbocycles. The molecule has 0 spiro atoms. The van der Waals surface area contributed by atoms with Crippen molar-refractivity contribution in [3.8, 4) is 0 Å². The van der Waals surface area contributed by atoms with E-state index in [1.54, 1.807) is 19.1 Å². The van der Waals surface area contributed by atoms with Gasteiger partial charge in [0.15, 0.2) is 0 Å². The second-order valence-corrected chi connectivity index (χ2v) is 7.52. The number of sulfonamides is 1. The van der Waals surface area contributed by atoms with Gasteiger partial charge in [0.1, 0.15) is 16.8 Å². The number of nitrogens with one attached hydrogen (secondary N) is 1. The fraction of sp³-hybridized carbons (Fsp3) is 0.312. The van der Waals surface area contributed by atoms with Crippen molar-refractivity contribution >= 4 is 27.6 Å². The highest BCUT2D eigenvalue weighted by Crippen LogP contribution is 2.24. The first-order valence-electron chi connectivity index (χ1n) is 7.36. The Hall–Kier alpha value is -1.87. The maximum absolute atomic E-state index is 12.5. The van der Waals surface area contributed by atoms with Crippen LogP contribution in [0.4, 0.5) is 0 Å². The van der Waals surface area contributed by atoms with E-state index in [0.29, 0.717) is 5.76 Å². The first-order chi connectivity index (χ1) is 11.7. The van der Waals surface area contributed by atoms with Crippen LogP contribution >= 0.6 is 11.6 Å². The van der Waals surface area contributed by atoms with Crippen molar-refractivity contribution in [1.82, 2.24) is 4.72 Å². The molecule has 2 aromatic rings. The summed E-state index contributed by atoms with van der Waals surface area (Å²) in [6, 6.07) is 6.43. The normalized spacial score (nSPS) is 14.1. The van der Waals surface area contributed by atoms with E-state index in [4.69, 9.17) is 16.0 Å². The molecule has 1 aromatic heterocycles. The van der Waals surface area contributed by atoms with Crippen LogP contribution in [0.2, 0.25) is 5.02 Å². The minimum atomic E-state index is -3.93. The standard InChI is InChI=1S/C16H18ClNO6S/c1-10(8-13(19)14-4-3-7-24-14)18-25(21,22)15-6-5-11(9-12(15)17)16(20)23-2/h3-7,9-10,13,18-19H,8H2,1-2H3/t10-,13+/m1/s1. The Labute approximate surface area is 150 Å². The van der Waals surface area contributed by atoms with Crippen LogP contribution in [0.25, 0.3) is 0 Å². The number of ether oxygens (including phenoxy) is 1. The van der Waals surface area contributed by atoms with Gasteiger partial charge in [0, 0.05) is 6.04 Å². The second kappa shape index (κ2) is 8.01. The molecule has 1 heterocycles. The van der Waals surface area contributed by atoms with Gasteiger partial charge in [-0.15, -0.1) is 0 Å². The molecule has 0 saturated heterocycles. The molecule has 0 amide bonds. The lowest BCUT2D eigenvalue weighted by atomic mass is 10.1. The largest absolute Gasteiger partial charge is 0.467 e. The van der Waals surface area contributed by atoms with Gasteiger partial charge in [-0.1, -0.05) is 11.6 Å². The molecule has 25 heavy (non-hydrogen) atoms. The summed E-state index contributed by atoms with van der Waals surface area (Å²) < 4.78 is 37.0. The Kier molecular flexibility index (Phi) is 6.23. The van der Waals surface area contributed by atoms with Crippen molar-refractivity contribution in [2.45, 2.75) is 30.4 Å². The highest BCUT2D eigenvalue weighted by atomic mass is 35.5. The Morgan fingerprint density at radius 2 is 2.12 bits per heavy atom. The number of benzene rings is 1. The highest BCUT2D eigenvalue weighted by molar-refractivity contribution is 7.89. The number of hydrogen-bond donors (Lipinski definition) is 2. The molecule has 0 aliphatic rings. The van der Waals surface area contributed by atoms with E-state index >= 15 is 0 Å². The summed E-state index contributed by atoms with van der Waals surface area (Å²) in [6.07, 6.45) is 0.602. The van der Waals surface area contributed by atoms with Crippen molar-refractivity contribution in [3.05, 3.63) is 52.9 Å². The number of hydrogen-bond acceptors (Lipinski definition) is 6. The third-order valence-corrected chi connectivity index (χ3v) is 5.52. The molecule has 0 fully saturated rings. The van der Waals surface area contributed by atoms with Gasteiger partial charge in [0.2, 0.25) is 10.0 Å². The minimum absolute atomic E-state index is 0.103. The average Bonchev–Trinajstić information content (AvgIpc) is 3.07. The topological polar surface area (TPSA) is 106 Å². The Balaban J connectivity index is 2.11. The molecule has 9 heteroatoms. The summed E-state index contributed by atoms with van der Waals surface area (Å²) >= 11 is 5.99. The molecular formula is C16H18ClNO6S. The smallest absolute Gasteiger partial charge is 0.337 e. The number of furan rings is 1. The van der Waals surface area contributed by atoms with E-state index in [-0.39, 0.29) is 21.9 Å². The molecule has 0 radical (unpaired) electrons.